The second kappa shape index (κ2) is 9.98. The van der Waals surface area contributed by atoms with Crippen LogP contribution in [0, 0.1) is 17.7 Å². The fourth-order valence-corrected chi connectivity index (χ4v) is 4.28. The minimum atomic E-state index is -0.227. The van der Waals surface area contributed by atoms with Crippen LogP contribution in [0.2, 0.25) is 0 Å². The molecule has 0 radical (unpaired) electrons. The average Bonchev–Trinajstić information content (AvgIpc) is 2.72. The van der Waals surface area contributed by atoms with Crippen LogP contribution in [0.1, 0.15) is 31.2 Å². The van der Waals surface area contributed by atoms with E-state index >= 15 is 0 Å². The third-order valence-corrected chi connectivity index (χ3v) is 5.70. The molecule has 0 spiro atoms. The minimum absolute atomic E-state index is 0.000625. The van der Waals surface area contributed by atoms with Crippen LogP contribution in [0.5, 0.6) is 0 Å². The number of likely N-dealkylation sites (tertiary alicyclic amines) is 2. The Morgan fingerprint density at radius 3 is 2.71 bits per heavy atom. The van der Waals surface area contributed by atoms with E-state index in [2.05, 4.69) is 10.2 Å². The molecule has 0 aromatic heterocycles. The second-order valence-corrected chi connectivity index (χ2v) is 7.91. The Hall–Kier alpha value is -1.99. The number of piperidine rings is 2. The molecule has 2 aliphatic rings. The maximum Gasteiger partial charge on any atom is 0.226 e. The lowest BCUT2D eigenvalue weighted by molar-refractivity contribution is -0.141. The van der Waals surface area contributed by atoms with E-state index in [1.807, 2.05) is 11.0 Å². The molecular weight excluding hydrogens is 359 g/mol. The first kappa shape index (κ1) is 20.7. The summed E-state index contributed by atoms with van der Waals surface area (Å²) in [5, 5.41) is 2.84. The zero-order valence-corrected chi connectivity index (χ0v) is 16.4. The highest BCUT2D eigenvalue weighted by molar-refractivity contribution is 5.82. The lowest BCUT2D eigenvalue weighted by Gasteiger charge is -2.38. The maximum absolute atomic E-state index is 13.4. The van der Waals surface area contributed by atoms with Crippen LogP contribution in [0.4, 0.5) is 4.39 Å². The third-order valence-electron chi connectivity index (χ3n) is 5.70. The predicted octanol–water partition coefficient (Wildman–Crippen LogP) is 1.35. The van der Waals surface area contributed by atoms with Crippen molar-refractivity contribution in [1.82, 2.24) is 15.1 Å². The number of hydrogen-bond acceptors (Lipinski definition) is 4. The second-order valence-electron chi connectivity index (χ2n) is 7.91. The van der Waals surface area contributed by atoms with Crippen molar-refractivity contribution in [3.8, 4) is 0 Å². The first-order chi connectivity index (χ1) is 13.6. The number of nitrogens with zero attached hydrogens (tertiary/aromatic N) is 2. The van der Waals surface area contributed by atoms with E-state index in [0.29, 0.717) is 32.7 Å². The van der Waals surface area contributed by atoms with Gasteiger partial charge in [0.1, 0.15) is 5.82 Å². The van der Waals surface area contributed by atoms with Crippen molar-refractivity contribution < 1.29 is 14.0 Å². The van der Waals surface area contributed by atoms with Crippen molar-refractivity contribution in [2.45, 2.75) is 32.2 Å². The topological polar surface area (TPSA) is 78.7 Å². The van der Waals surface area contributed by atoms with Crippen LogP contribution >= 0.6 is 0 Å². The zero-order chi connectivity index (χ0) is 19.9. The molecule has 2 atom stereocenters. The lowest BCUT2D eigenvalue weighted by atomic mass is 9.92. The largest absolute Gasteiger partial charge is 0.355 e. The van der Waals surface area contributed by atoms with Crippen molar-refractivity contribution in [1.29, 1.82) is 0 Å². The summed E-state index contributed by atoms with van der Waals surface area (Å²) in [6.45, 7) is 4.38. The van der Waals surface area contributed by atoms with Crippen molar-refractivity contribution in [2.24, 2.45) is 17.6 Å². The molecule has 3 rings (SSSR count). The molecule has 28 heavy (non-hydrogen) atoms. The van der Waals surface area contributed by atoms with Gasteiger partial charge < -0.3 is 16.0 Å². The van der Waals surface area contributed by atoms with Crippen LogP contribution < -0.4 is 11.1 Å². The van der Waals surface area contributed by atoms with Crippen LogP contribution in [0.3, 0.4) is 0 Å². The minimum Gasteiger partial charge on any atom is -0.355 e. The molecule has 2 saturated heterocycles. The first-order valence-electron chi connectivity index (χ1n) is 10.3. The number of carbonyl (C=O) groups excluding carboxylic acids is 2. The van der Waals surface area contributed by atoms with Crippen LogP contribution in [-0.2, 0) is 16.1 Å². The molecule has 0 aliphatic carbocycles. The Balaban J connectivity index is 1.55. The van der Waals surface area contributed by atoms with Crippen molar-refractivity contribution in [3.05, 3.63) is 35.6 Å². The smallest absolute Gasteiger partial charge is 0.226 e. The molecule has 1 aromatic rings. The van der Waals surface area contributed by atoms with Crippen molar-refractivity contribution in [2.75, 3.05) is 39.3 Å². The summed E-state index contributed by atoms with van der Waals surface area (Å²) in [5.74, 6) is -0.265. The van der Waals surface area contributed by atoms with Crippen molar-refractivity contribution >= 4 is 11.8 Å². The predicted molar refractivity (Wildman–Crippen MR) is 106 cm³/mol. The van der Waals surface area contributed by atoms with Crippen LogP contribution in [-0.4, -0.2) is 60.9 Å². The fraction of sp³-hybridized carbons (Fsp3) is 0.619. The number of benzene rings is 1. The molecule has 3 N–H and O–H groups in total. The van der Waals surface area contributed by atoms with Gasteiger partial charge in [-0.15, -0.1) is 0 Å². The summed E-state index contributed by atoms with van der Waals surface area (Å²) in [6.07, 6.45) is 3.50. The van der Waals surface area contributed by atoms with E-state index < -0.39 is 0 Å². The summed E-state index contributed by atoms with van der Waals surface area (Å²) in [6, 6.07) is 6.65. The van der Waals surface area contributed by atoms with E-state index in [9.17, 15) is 14.0 Å². The van der Waals surface area contributed by atoms with Gasteiger partial charge in [-0.25, -0.2) is 4.39 Å². The highest BCUT2D eigenvalue weighted by Gasteiger charge is 2.33. The molecule has 7 heteroatoms. The van der Waals surface area contributed by atoms with Gasteiger partial charge in [-0.1, -0.05) is 12.1 Å². The number of halogens is 1. The van der Waals surface area contributed by atoms with Crippen LogP contribution in [0.25, 0.3) is 0 Å². The van der Waals surface area contributed by atoms with Crippen LogP contribution in [0.15, 0.2) is 24.3 Å². The van der Waals surface area contributed by atoms with E-state index in [1.54, 1.807) is 12.1 Å². The van der Waals surface area contributed by atoms with Gasteiger partial charge in [-0.05, 0) is 49.9 Å². The number of rotatable bonds is 6. The SMILES string of the molecule is NCCNC(=O)C1CCCN(C(=O)C2CCCN(Cc3cccc(F)c3)C2)C1. The third kappa shape index (κ3) is 5.52. The van der Waals surface area contributed by atoms with Gasteiger partial charge in [0.05, 0.1) is 11.8 Å². The highest BCUT2D eigenvalue weighted by Crippen LogP contribution is 2.24. The van der Waals surface area contributed by atoms with E-state index in [0.717, 1.165) is 44.3 Å². The molecule has 2 heterocycles. The van der Waals surface area contributed by atoms with Gasteiger partial charge in [-0.2, -0.15) is 0 Å². The quantitative estimate of drug-likeness (QED) is 0.769. The zero-order valence-electron chi connectivity index (χ0n) is 16.4. The monoisotopic (exact) mass is 390 g/mol. The van der Waals surface area contributed by atoms with E-state index in [1.165, 1.54) is 6.07 Å². The van der Waals surface area contributed by atoms with Gasteiger partial charge in [0, 0.05) is 39.3 Å². The molecule has 2 amide bonds. The molecule has 2 aliphatic heterocycles. The number of nitrogens with two attached hydrogens (primary N) is 1. The molecule has 0 saturated carbocycles. The number of hydrogen-bond donors (Lipinski definition) is 2. The van der Waals surface area contributed by atoms with Gasteiger partial charge in [-0.3, -0.25) is 14.5 Å². The Morgan fingerprint density at radius 2 is 1.93 bits per heavy atom. The molecule has 6 nitrogen and oxygen atoms in total. The van der Waals surface area contributed by atoms with Gasteiger partial charge >= 0.3 is 0 Å². The summed E-state index contributed by atoms with van der Waals surface area (Å²) in [7, 11) is 0. The van der Waals surface area contributed by atoms with Gasteiger partial charge in [0.2, 0.25) is 11.8 Å². The molecule has 1 aromatic carbocycles. The molecule has 154 valence electrons. The molecule has 0 bridgehead atoms. The number of amides is 2. The average molecular weight is 391 g/mol. The highest BCUT2D eigenvalue weighted by atomic mass is 19.1. The Kier molecular flexibility index (Phi) is 7.39. The molecule has 2 unspecified atom stereocenters. The number of nitrogens with one attached hydrogen (secondary N) is 1. The standard InChI is InChI=1S/C21H31FN4O2/c22-19-7-1-4-16(12-19)13-25-10-2-6-18(14-25)21(28)26-11-3-5-17(15-26)20(27)24-9-8-23/h1,4,7,12,17-18H,2-3,5-6,8-11,13-15,23H2,(H,24,27). The summed E-state index contributed by atoms with van der Waals surface area (Å²) in [4.78, 5) is 29.4. The maximum atomic E-state index is 13.4. The molecular formula is C21H31FN4O2. The van der Waals surface area contributed by atoms with Gasteiger partial charge in [0.15, 0.2) is 0 Å². The van der Waals surface area contributed by atoms with E-state index in [-0.39, 0.29) is 29.5 Å². The Morgan fingerprint density at radius 1 is 1.14 bits per heavy atom. The fourth-order valence-electron chi connectivity index (χ4n) is 4.28. The summed E-state index contributed by atoms with van der Waals surface area (Å²) in [5.41, 5.74) is 6.38. The first-order valence-corrected chi connectivity index (χ1v) is 10.3. The lowest BCUT2D eigenvalue weighted by Crippen LogP contribution is -2.50. The normalized spacial score (nSPS) is 23.4. The van der Waals surface area contributed by atoms with E-state index in [4.69, 9.17) is 5.73 Å². The number of carbonyl (C=O) groups is 2. The molecule has 2 fully saturated rings. The Labute approximate surface area is 166 Å². The summed E-state index contributed by atoms with van der Waals surface area (Å²) < 4.78 is 13.4. The summed E-state index contributed by atoms with van der Waals surface area (Å²) >= 11 is 0. The Bertz CT molecular complexity index is 684. The van der Waals surface area contributed by atoms with Crippen molar-refractivity contribution in [3.63, 3.8) is 0 Å². The van der Waals surface area contributed by atoms with Gasteiger partial charge in [0.25, 0.3) is 0 Å².